The second-order valence-electron chi connectivity index (χ2n) is 3.63. The summed E-state index contributed by atoms with van der Waals surface area (Å²) in [7, 11) is 0. The Morgan fingerprint density at radius 1 is 1.20 bits per heavy atom. The summed E-state index contributed by atoms with van der Waals surface area (Å²) in [5.74, 6) is 0. The van der Waals surface area contributed by atoms with Crippen LogP contribution in [0, 0.1) is 0 Å². The number of hydrogen-bond donors (Lipinski definition) is 1. The quantitative estimate of drug-likeness (QED) is 0.721. The normalized spacial score (nSPS) is 16.6. The second-order valence-corrected chi connectivity index (χ2v) is 3.63. The van der Waals surface area contributed by atoms with Crippen molar-refractivity contribution in [1.82, 2.24) is 0 Å². The minimum absolute atomic E-state index is 0.0122. The molecule has 0 spiro atoms. The van der Waals surface area contributed by atoms with Crippen LogP contribution in [0.3, 0.4) is 0 Å². The van der Waals surface area contributed by atoms with Crippen LogP contribution in [0.15, 0.2) is 40.6 Å². The van der Waals surface area contributed by atoms with Crippen molar-refractivity contribution in [2.75, 3.05) is 13.2 Å². The Morgan fingerprint density at radius 3 is 2.53 bits per heavy atom. The Kier molecular flexibility index (Phi) is 3.08. The Hall–Kier alpha value is -1.26. The van der Waals surface area contributed by atoms with Crippen molar-refractivity contribution in [2.45, 2.75) is 18.7 Å². The van der Waals surface area contributed by atoms with E-state index < -0.39 is 5.66 Å². The van der Waals surface area contributed by atoms with Crippen LogP contribution in [0.4, 0.5) is 0 Å². The highest BCUT2D eigenvalue weighted by Gasteiger charge is 2.38. The Labute approximate surface area is 88.6 Å². The molecule has 15 heavy (non-hydrogen) atoms. The fraction of sp³-hybridized carbons (Fsp3) is 0.455. The van der Waals surface area contributed by atoms with Crippen molar-refractivity contribution < 1.29 is 9.84 Å². The molecule has 0 radical (unpaired) electrons. The standard InChI is InChI=1S/C11H14N2O2/c14-9-11(12-13-11)6-7-15-8-10-4-2-1-3-5-10/h1-5,14H,6-9H2. The van der Waals surface area contributed by atoms with E-state index in [-0.39, 0.29) is 6.61 Å². The first-order valence-electron chi connectivity index (χ1n) is 5.01. The summed E-state index contributed by atoms with van der Waals surface area (Å²) in [5.41, 5.74) is 0.622. The first-order chi connectivity index (χ1) is 7.35. The van der Waals surface area contributed by atoms with Crippen molar-refractivity contribution >= 4 is 0 Å². The molecule has 0 amide bonds. The maximum atomic E-state index is 8.93. The molecule has 2 rings (SSSR count). The van der Waals surface area contributed by atoms with Crippen molar-refractivity contribution in [3.05, 3.63) is 35.9 Å². The van der Waals surface area contributed by atoms with Gasteiger partial charge in [-0.2, -0.15) is 10.2 Å². The fourth-order valence-corrected chi connectivity index (χ4v) is 1.31. The molecular formula is C11H14N2O2. The summed E-state index contributed by atoms with van der Waals surface area (Å²) in [6, 6.07) is 9.99. The molecule has 0 saturated carbocycles. The van der Waals surface area contributed by atoms with Gasteiger partial charge in [-0.3, -0.25) is 0 Å². The predicted octanol–water partition coefficient (Wildman–Crippen LogP) is 1.75. The lowest BCUT2D eigenvalue weighted by Crippen LogP contribution is -2.18. The van der Waals surface area contributed by atoms with E-state index in [1.165, 1.54) is 0 Å². The zero-order valence-corrected chi connectivity index (χ0v) is 8.47. The molecule has 4 heteroatoms. The number of ether oxygens (including phenoxy) is 1. The van der Waals surface area contributed by atoms with Crippen molar-refractivity contribution in [2.24, 2.45) is 10.2 Å². The number of aliphatic hydroxyl groups excluding tert-OH is 1. The number of aliphatic hydroxyl groups is 1. The average molecular weight is 206 g/mol. The first kappa shape index (κ1) is 10.3. The predicted molar refractivity (Wildman–Crippen MR) is 55.4 cm³/mol. The van der Waals surface area contributed by atoms with Crippen LogP contribution in [0.2, 0.25) is 0 Å². The van der Waals surface area contributed by atoms with Gasteiger partial charge in [0.1, 0.15) is 0 Å². The molecule has 0 bridgehead atoms. The van der Waals surface area contributed by atoms with Gasteiger partial charge in [-0.05, 0) is 5.56 Å². The van der Waals surface area contributed by atoms with Gasteiger partial charge in [0, 0.05) is 6.42 Å². The summed E-state index contributed by atoms with van der Waals surface area (Å²) in [4.78, 5) is 0. The van der Waals surface area contributed by atoms with E-state index in [0.717, 1.165) is 5.56 Å². The summed E-state index contributed by atoms with van der Waals surface area (Å²) >= 11 is 0. The van der Waals surface area contributed by atoms with Gasteiger partial charge in [-0.1, -0.05) is 30.3 Å². The third kappa shape index (κ3) is 2.84. The second kappa shape index (κ2) is 4.51. The molecule has 1 aliphatic rings. The van der Waals surface area contributed by atoms with Gasteiger partial charge < -0.3 is 9.84 Å². The number of rotatable bonds is 6. The molecule has 0 fully saturated rings. The molecule has 1 aliphatic heterocycles. The average Bonchev–Trinajstić information content (AvgIpc) is 3.07. The molecule has 0 saturated heterocycles. The van der Waals surface area contributed by atoms with Crippen molar-refractivity contribution in [3.63, 3.8) is 0 Å². The van der Waals surface area contributed by atoms with Crippen LogP contribution in [0.1, 0.15) is 12.0 Å². The van der Waals surface area contributed by atoms with Crippen molar-refractivity contribution in [1.29, 1.82) is 0 Å². The van der Waals surface area contributed by atoms with E-state index in [9.17, 15) is 0 Å². The topological polar surface area (TPSA) is 54.2 Å². The minimum atomic E-state index is -0.531. The van der Waals surface area contributed by atoms with Gasteiger partial charge in [0.2, 0.25) is 5.66 Å². The largest absolute Gasteiger partial charge is 0.392 e. The molecule has 80 valence electrons. The summed E-state index contributed by atoms with van der Waals surface area (Å²) in [6.07, 6.45) is 0.663. The van der Waals surface area contributed by atoms with Gasteiger partial charge in [-0.25, -0.2) is 0 Å². The smallest absolute Gasteiger partial charge is 0.215 e. The van der Waals surface area contributed by atoms with Gasteiger partial charge in [0.15, 0.2) is 0 Å². The van der Waals surface area contributed by atoms with Crippen LogP contribution in [0.5, 0.6) is 0 Å². The molecule has 1 heterocycles. The van der Waals surface area contributed by atoms with Crippen molar-refractivity contribution in [3.8, 4) is 0 Å². The first-order valence-corrected chi connectivity index (χ1v) is 5.01. The van der Waals surface area contributed by atoms with E-state index in [1.807, 2.05) is 30.3 Å². The third-order valence-corrected chi connectivity index (χ3v) is 2.39. The highest BCUT2D eigenvalue weighted by molar-refractivity contribution is 5.13. The molecule has 0 unspecified atom stereocenters. The van der Waals surface area contributed by atoms with E-state index >= 15 is 0 Å². The zero-order valence-electron chi connectivity index (χ0n) is 8.47. The number of hydrogen-bond acceptors (Lipinski definition) is 4. The monoisotopic (exact) mass is 206 g/mol. The maximum Gasteiger partial charge on any atom is 0.215 e. The highest BCUT2D eigenvalue weighted by atomic mass is 16.5. The molecule has 1 aromatic rings. The van der Waals surface area contributed by atoms with Gasteiger partial charge in [-0.15, -0.1) is 0 Å². The highest BCUT2D eigenvalue weighted by Crippen LogP contribution is 2.30. The SMILES string of the molecule is OCC1(CCOCc2ccccc2)N=N1. The maximum absolute atomic E-state index is 8.93. The van der Waals surface area contributed by atoms with Gasteiger partial charge in [0.05, 0.1) is 19.8 Å². The van der Waals surface area contributed by atoms with E-state index in [4.69, 9.17) is 9.84 Å². The van der Waals surface area contributed by atoms with Crippen LogP contribution >= 0.6 is 0 Å². The molecule has 1 N–H and O–H groups in total. The zero-order chi connectivity index (χ0) is 10.6. The van der Waals surface area contributed by atoms with E-state index in [0.29, 0.717) is 19.6 Å². The third-order valence-electron chi connectivity index (χ3n) is 2.39. The van der Waals surface area contributed by atoms with Crippen LogP contribution in [0.25, 0.3) is 0 Å². The lowest BCUT2D eigenvalue weighted by atomic mass is 10.2. The fourth-order valence-electron chi connectivity index (χ4n) is 1.31. The lowest BCUT2D eigenvalue weighted by molar-refractivity contribution is 0.101. The van der Waals surface area contributed by atoms with Gasteiger partial charge >= 0.3 is 0 Å². The Balaban J connectivity index is 1.64. The molecule has 1 aromatic carbocycles. The summed E-state index contributed by atoms with van der Waals surface area (Å²) < 4.78 is 5.47. The Morgan fingerprint density at radius 2 is 1.93 bits per heavy atom. The van der Waals surface area contributed by atoms with Crippen LogP contribution < -0.4 is 0 Å². The molecule has 4 nitrogen and oxygen atoms in total. The Bertz CT molecular complexity index is 332. The summed E-state index contributed by atoms with van der Waals surface area (Å²) in [5, 5.41) is 16.5. The lowest BCUT2D eigenvalue weighted by Gasteiger charge is -2.07. The van der Waals surface area contributed by atoms with E-state index in [1.54, 1.807) is 0 Å². The molecule has 0 atom stereocenters. The van der Waals surface area contributed by atoms with E-state index in [2.05, 4.69) is 10.2 Å². The van der Waals surface area contributed by atoms with Crippen LogP contribution in [-0.2, 0) is 11.3 Å². The number of nitrogens with zero attached hydrogens (tertiary/aromatic N) is 2. The number of benzene rings is 1. The minimum Gasteiger partial charge on any atom is -0.392 e. The molecule has 0 aromatic heterocycles. The van der Waals surface area contributed by atoms with Gasteiger partial charge in [0.25, 0.3) is 0 Å². The van der Waals surface area contributed by atoms with Crippen LogP contribution in [-0.4, -0.2) is 24.0 Å². The summed E-state index contributed by atoms with van der Waals surface area (Å²) in [6.45, 7) is 1.16. The molecular weight excluding hydrogens is 192 g/mol. The molecule has 0 aliphatic carbocycles.